The summed E-state index contributed by atoms with van der Waals surface area (Å²) in [5.74, 6) is 0. The van der Waals surface area contributed by atoms with E-state index in [1.807, 2.05) is 44.2 Å². The summed E-state index contributed by atoms with van der Waals surface area (Å²) in [5.41, 5.74) is 0. The molecular formula is C9H13O2P. The van der Waals surface area contributed by atoms with Gasteiger partial charge in [0.2, 0.25) is 8.03 Å². The lowest BCUT2D eigenvalue weighted by atomic mass is 10.4. The van der Waals surface area contributed by atoms with Crippen LogP contribution in [0.15, 0.2) is 30.3 Å². The van der Waals surface area contributed by atoms with Crippen LogP contribution < -0.4 is 5.30 Å². The summed E-state index contributed by atoms with van der Waals surface area (Å²) >= 11 is 0. The molecule has 0 N–H and O–H groups in total. The van der Waals surface area contributed by atoms with Gasteiger partial charge in [-0.2, -0.15) is 0 Å². The van der Waals surface area contributed by atoms with Gasteiger partial charge in [0, 0.05) is 5.30 Å². The highest BCUT2D eigenvalue weighted by Crippen LogP contribution is 2.22. The number of hydrogen-bond acceptors (Lipinski definition) is 2. The van der Waals surface area contributed by atoms with Gasteiger partial charge in [-0.05, 0) is 26.0 Å². The molecule has 0 saturated heterocycles. The molecule has 0 aliphatic carbocycles. The third-order valence-electron chi connectivity index (χ3n) is 1.35. The molecule has 0 bridgehead atoms. The molecule has 12 heavy (non-hydrogen) atoms. The zero-order valence-corrected chi connectivity index (χ0v) is 8.28. The molecule has 66 valence electrons. The Bertz CT molecular complexity index is 256. The predicted molar refractivity (Wildman–Crippen MR) is 51.3 cm³/mol. The van der Waals surface area contributed by atoms with E-state index in [0.717, 1.165) is 5.30 Å². The fourth-order valence-electron chi connectivity index (χ4n) is 0.856. The largest absolute Gasteiger partial charge is 0.325 e. The summed E-state index contributed by atoms with van der Waals surface area (Å²) in [5, 5.41) is 0.788. The zero-order valence-electron chi connectivity index (χ0n) is 7.28. The van der Waals surface area contributed by atoms with E-state index in [9.17, 15) is 4.57 Å². The van der Waals surface area contributed by atoms with Crippen molar-refractivity contribution in [1.82, 2.24) is 0 Å². The van der Waals surface area contributed by atoms with Crippen LogP contribution in [0.5, 0.6) is 0 Å². The van der Waals surface area contributed by atoms with Crippen molar-refractivity contribution in [2.45, 2.75) is 20.0 Å². The Labute approximate surface area is 73.4 Å². The molecule has 0 spiro atoms. The van der Waals surface area contributed by atoms with E-state index >= 15 is 0 Å². The molecule has 0 saturated carbocycles. The minimum absolute atomic E-state index is 0.0246. The lowest BCUT2D eigenvalue weighted by Crippen LogP contribution is -2.02. The Morgan fingerprint density at radius 2 is 1.83 bits per heavy atom. The Balaban J connectivity index is 2.66. The fraction of sp³-hybridized carbons (Fsp3) is 0.333. The van der Waals surface area contributed by atoms with Crippen molar-refractivity contribution in [2.75, 3.05) is 0 Å². The molecule has 1 atom stereocenters. The normalized spacial score (nSPS) is 13.2. The van der Waals surface area contributed by atoms with Gasteiger partial charge in [0.05, 0.1) is 6.10 Å². The fourth-order valence-corrected chi connectivity index (χ4v) is 1.89. The van der Waals surface area contributed by atoms with Gasteiger partial charge < -0.3 is 4.52 Å². The topological polar surface area (TPSA) is 26.3 Å². The minimum atomic E-state index is -2.02. The van der Waals surface area contributed by atoms with E-state index in [2.05, 4.69) is 0 Å². The van der Waals surface area contributed by atoms with Crippen LogP contribution in [0.4, 0.5) is 0 Å². The summed E-state index contributed by atoms with van der Waals surface area (Å²) in [6.07, 6.45) is 0.0246. The van der Waals surface area contributed by atoms with Crippen LogP contribution in [-0.4, -0.2) is 6.10 Å². The molecule has 2 nitrogen and oxygen atoms in total. The van der Waals surface area contributed by atoms with Gasteiger partial charge in [0.1, 0.15) is 0 Å². The maximum absolute atomic E-state index is 11.4. The molecule has 1 unspecified atom stereocenters. The molecular weight excluding hydrogens is 171 g/mol. The van der Waals surface area contributed by atoms with Gasteiger partial charge in [0.15, 0.2) is 0 Å². The maximum atomic E-state index is 11.4. The lowest BCUT2D eigenvalue weighted by Gasteiger charge is -2.06. The van der Waals surface area contributed by atoms with Crippen molar-refractivity contribution in [3.63, 3.8) is 0 Å². The second-order valence-electron chi connectivity index (χ2n) is 2.82. The molecule has 0 aromatic heterocycles. The summed E-state index contributed by atoms with van der Waals surface area (Å²) in [7, 11) is -2.02. The average molecular weight is 184 g/mol. The summed E-state index contributed by atoms with van der Waals surface area (Å²) in [4.78, 5) is 0. The quantitative estimate of drug-likeness (QED) is 0.673. The second-order valence-corrected chi connectivity index (χ2v) is 4.21. The molecule has 0 amide bonds. The Kier molecular flexibility index (Phi) is 3.51. The van der Waals surface area contributed by atoms with Crippen LogP contribution in [0, 0.1) is 0 Å². The van der Waals surface area contributed by atoms with Crippen molar-refractivity contribution in [3.05, 3.63) is 30.3 Å². The minimum Gasteiger partial charge on any atom is -0.325 e. The molecule has 1 aromatic rings. The number of benzene rings is 1. The van der Waals surface area contributed by atoms with E-state index in [4.69, 9.17) is 4.52 Å². The molecule has 0 radical (unpaired) electrons. The molecule has 0 aliphatic heterocycles. The molecule has 1 aromatic carbocycles. The molecule has 1 rings (SSSR count). The van der Waals surface area contributed by atoms with Gasteiger partial charge >= 0.3 is 0 Å². The highest BCUT2D eigenvalue weighted by molar-refractivity contribution is 7.48. The smallest absolute Gasteiger partial charge is 0.220 e. The van der Waals surface area contributed by atoms with Crippen LogP contribution >= 0.6 is 8.03 Å². The predicted octanol–water partition coefficient (Wildman–Crippen LogP) is 2.21. The monoisotopic (exact) mass is 184 g/mol. The first-order valence-electron chi connectivity index (χ1n) is 3.96. The molecule has 3 heteroatoms. The van der Waals surface area contributed by atoms with Gasteiger partial charge in [0.25, 0.3) is 0 Å². The standard InChI is InChI=1S/C9H13O2P/c1-8(2)11-12(10)9-6-4-3-5-7-9/h3-8,12H,1-2H3. The van der Waals surface area contributed by atoms with E-state index in [1.54, 1.807) is 0 Å². The highest BCUT2D eigenvalue weighted by Gasteiger charge is 2.03. The Morgan fingerprint density at radius 1 is 1.25 bits per heavy atom. The van der Waals surface area contributed by atoms with Crippen LogP contribution in [0.2, 0.25) is 0 Å². The average Bonchev–Trinajstić information content (AvgIpc) is 2.05. The molecule has 0 aliphatic rings. The van der Waals surface area contributed by atoms with E-state index in [-0.39, 0.29) is 6.10 Å². The van der Waals surface area contributed by atoms with E-state index < -0.39 is 8.03 Å². The molecule has 0 heterocycles. The lowest BCUT2D eigenvalue weighted by molar-refractivity contribution is 0.261. The van der Waals surface area contributed by atoms with Gasteiger partial charge in [-0.1, -0.05) is 18.2 Å². The van der Waals surface area contributed by atoms with Crippen molar-refractivity contribution in [1.29, 1.82) is 0 Å². The first kappa shape index (κ1) is 9.50. The highest BCUT2D eigenvalue weighted by atomic mass is 31.1. The SMILES string of the molecule is CC(C)O[PH](=O)c1ccccc1. The van der Waals surface area contributed by atoms with Crippen molar-refractivity contribution < 1.29 is 9.09 Å². The van der Waals surface area contributed by atoms with Gasteiger partial charge in [-0.25, -0.2) is 0 Å². The van der Waals surface area contributed by atoms with Crippen LogP contribution in [-0.2, 0) is 9.09 Å². The van der Waals surface area contributed by atoms with Gasteiger partial charge in [-0.3, -0.25) is 4.57 Å². The first-order chi connectivity index (χ1) is 5.70. The van der Waals surface area contributed by atoms with E-state index in [0.29, 0.717) is 0 Å². The zero-order chi connectivity index (χ0) is 8.97. The molecule has 0 fully saturated rings. The number of hydrogen-bond donors (Lipinski definition) is 0. The first-order valence-corrected chi connectivity index (χ1v) is 5.28. The van der Waals surface area contributed by atoms with Crippen molar-refractivity contribution >= 4 is 13.3 Å². The third kappa shape index (κ3) is 2.80. The summed E-state index contributed by atoms with van der Waals surface area (Å²) < 4.78 is 16.6. The number of rotatable bonds is 3. The van der Waals surface area contributed by atoms with Crippen LogP contribution in [0.3, 0.4) is 0 Å². The van der Waals surface area contributed by atoms with Crippen LogP contribution in [0.25, 0.3) is 0 Å². The third-order valence-corrected chi connectivity index (χ3v) is 2.84. The van der Waals surface area contributed by atoms with E-state index in [1.165, 1.54) is 0 Å². The van der Waals surface area contributed by atoms with Crippen LogP contribution in [0.1, 0.15) is 13.8 Å². The van der Waals surface area contributed by atoms with Crippen molar-refractivity contribution in [3.8, 4) is 0 Å². The Morgan fingerprint density at radius 3 is 2.33 bits per heavy atom. The Hall–Kier alpha value is -0.590. The summed E-state index contributed by atoms with van der Waals surface area (Å²) in [6.45, 7) is 3.76. The van der Waals surface area contributed by atoms with Gasteiger partial charge in [-0.15, -0.1) is 0 Å². The van der Waals surface area contributed by atoms with Crippen molar-refractivity contribution in [2.24, 2.45) is 0 Å². The second kappa shape index (κ2) is 4.44. The summed E-state index contributed by atoms with van der Waals surface area (Å²) in [6, 6.07) is 9.27. The maximum Gasteiger partial charge on any atom is 0.220 e.